The number of likely N-dealkylation sites (tertiary alicyclic amines) is 1. The summed E-state index contributed by atoms with van der Waals surface area (Å²) in [6.45, 7) is 3.47. The van der Waals surface area contributed by atoms with E-state index in [0.717, 1.165) is 48.3 Å². The average Bonchev–Trinajstić information content (AvgIpc) is 2.60. The van der Waals surface area contributed by atoms with Gasteiger partial charge in [-0.1, -0.05) is 0 Å². The van der Waals surface area contributed by atoms with E-state index >= 15 is 0 Å². The molecular weight excluding hydrogens is 290 g/mol. The first-order valence-electron chi connectivity index (χ1n) is 8.04. The van der Waals surface area contributed by atoms with Gasteiger partial charge in [-0.2, -0.15) is 0 Å². The Labute approximate surface area is 136 Å². The molecule has 1 fully saturated rings. The van der Waals surface area contributed by atoms with Crippen molar-refractivity contribution in [1.29, 1.82) is 0 Å². The van der Waals surface area contributed by atoms with Gasteiger partial charge in [0, 0.05) is 30.6 Å². The van der Waals surface area contributed by atoms with E-state index in [1.165, 1.54) is 0 Å². The molecule has 0 saturated carbocycles. The number of aromatic nitrogens is 1. The quantitative estimate of drug-likeness (QED) is 0.945. The van der Waals surface area contributed by atoms with Crippen molar-refractivity contribution in [3.8, 4) is 5.75 Å². The predicted molar refractivity (Wildman–Crippen MR) is 91.0 cm³/mol. The van der Waals surface area contributed by atoms with E-state index in [1.807, 2.05) is 43.1 Å². The van der Waals surface area contributed by atoms with E-state index in [2.05, 4.69) is 10.3 Å². The zero-order chi connectivity index (χ0) is 16.4. The van der Waals surface area contributed by atoms with Gasteiger partial charge >= 0.3 is 0 Å². The average molecular weight is 313 g/mol. The zero-order valence-corrected chi connectivity index (χ0v) is 13.9. The monoisotopic (exact) mass is 313 g/mol. The number of fused-ring (bicyclic) bond motifs is 1. The van der Waals surface area contributed by atoms with Crippen LogP contribution in [0.4, 0.5) is 0 Å². The van der Waals surface area contributed by atoms with E-state index in [4.69, 9.17) is 4.74 Å². The third-order valence-electron chi connectivity index (χ3n) is 4.56. The van der Waals surface area contributed by atoms with Crippen LogP contribution in [0.1, 0.15) is 28.9 Å². The normalized spacial score (nSPS) is 18.2. The molecule has 1 atom stereocenters. The number of nitrogens with zero attached hydrogens (tertiary/aromatic N) is 2. The second kappa shape index (κ2) is 6.54. The molecule has 0 radical (unpaired) electrons. The molecular formula is C18H23N3O2. The predicted octanol–water partition coefficient (Wildman–Crippen LogP) is 2.38. The smallest absolute Gasteiger partial charge is 0.255 e. The Morgan fingerprint density at radius 2 is 2.22 bits per heavy atom. The molecule has 2 aromatic rings. The fourth-order valence-corrected chi connectivity index (χ4v) is 3.15. The van der Waals surface area contributed by atoms with Crippen LogP contribution in [0.15, 0.2) is 24.3 Å². The fourth-order valence-electron chi connectivity index (χ4n) is 3.15. The van der Waals surface area contributed by atoms with Crippen molar-refractivity contribution in [1.82, 2.24) is 15.2 Å². The Balaban J connectivity index is 1.92. The van der Waals surface area contributed by atoms with E-state index in [-0.39, 0.29) is 5.91 Å². The van der Waals surface area contributed by atoms with Crippen LogP contribution in [0, 0.1) is 6.92 Å². The lowest BCUT2D eigenvalue weighted by atomic mass is 10.0. The van der Waals surface area contributed by atoms with Gasteiger partial charge in [0.15, 0.2) is 0 Å². The van der Waals surface area contributed by atoms with Crippen molar-refractivity contribution in [2.75, 3.05) is 27.2 Å². The van der Waals surface area contributed by atoms with Gasteiger partial charge in [-0.15, -0.1) is 0 Å². The molecule has 1 aliphatic heterocycles. The van der Waals surface area contributed by atoms with E-state index in [1.54, 1.807) is 7.11 Å². The topological polar surface area (TPSA) is 54.5 Å². The summed E-state index contributed by atoms with van der Waals surface area (Å²) in [5, 5.41) is 4.23. The van der Waals surface area contributed by atoms with Crippen LogP contribution < -0.4 is 10.1 Å². The first-order chi connectivity index (χ1) is 11.1. The summed E-state index contributed by atoms with van der Waals surface area (Å²) >= 11 is 0. The summed E-state index contributed by atoms with van der Waals surface area (Å²) in [6, 6.07) is 8.07. The lowest BCUT2D eigenvalue weighted by Gasteiger charge is -2.32. The highest BCUT2D eigenvalue weighted by molar-refractivity contribution is 5.98. The van der Waals surface area contributed by atoms with Crippen LogP contribution in [-0.4, -0.2) is 49.1 Å². The van der Waals surface area contributed by atoms with Crippen molar-refractivity contribution in [3.05, 3.63) is 35.5 Å². The van der Waals surface area contributed by atoms with Crippen LogP contribution in [0.25, 0.3) is 10.9 Å². The number of ether oxygens (including phenoxy) is 1. The number of hydrogen-bond donors (Lipinski definition) is 1. The molecule has 1 aliphatic rings. The molecule has 5 nitrogen and oxygen atoms in total. The first-order valence-corrected chi connectivity index (χ1v) is 8.04. The third-order valence-corrected chi connectivity index (χ3v) is 4.56. The number of aryl methyl sites for hydroxylation is 1. The largest absolute Gasteiger partial charge is 0.497 e. The minimum atomic E-state index is 0.0765. The summed E-state index contributed by atoms with van der Waals surface area (Å²) in [5.41, 5.74) is 2.31. The Morgan fingerprint density at radius 1 is 1.39 bits per heavy atom. The maximum atomic E-state index is 12.9. The minimum Gasteiger partial charge on any atom is -0.497 e. The number of nitrogens with one attached hydrogen (secondary N) is 1. The van der Waals surface area contributed by atoms with Crippen molar-refractivity contribution in [3.63, 3.8) is 0 Å². The zero-order valence-electron chi connectivity index (χ0n) is 13.9. The molecule has 122 valence electrons. The minimum absolute atomic E-state index is 0.0765. The van der Waals surface area contributed by atoms with Gasteiger partial charge in [-0.25, -0.2) is 0 Å². The maximum absolute atomic E-state index is 12.9. The lowest BCUT2D eigenvalue weighted by Crippen LogP contribution is -2.47. The van der Waals surface area contributed by atoms with Crippen molar-refractivity contribution >= 4 is 16.8 Å². The number of rotatable bonds is 3. The molecule has 0 spiro atoms. The SMILES string of the molecule is CNC1CCCN(C(=O)c2cc3ccc(OC)cc3nc2C)C1. The summed E-state index contributed by atoms with van der Waals surface area (Å²) in [6.07, 6.45) is 2.16. The third kappa shape index (κ3) is 3.15. The molecule has 1 aromatic heterocycles. The molecule has 0 bridgehead atoms. The van der Waals surface area contributed by atoms with E-state index in [9.17, 15) is 4.79 Å². The summed E-state index contributed by atoms with van der Waals surface area (Å²) in [4.78, 5) is 19.4. The first kappa shape index (κ1) is 15.7. The van der Waals surface area contributed by atoms with Crippen molar-refractivity contribution in [2.24, 2.45) is 0 Å². The van der Waals surface area contributed by atoms with Gasteiger partial charge in [-0.05, 0) is 45.0 Å². The molecule has 1 amide bonds. The van der Waals surface area contributed by atoms with E-state index in [0.29, 0.717) is 11.6 Å². The van der Waals surface area contributed by atoms with E-state index < -0.39 is 0 Å². The Hall–Kier alpha value is -2.14. The molecule has 1 aromatic carbocycles. The standard InChI is InChI=1S/C18H23N3O2/c1-12-16(18(22)21-8-4-5-14(11-21)19-2)9-13-6-7-15(23-3)10-17(13)20-12/h6-7,9-10,14,19H,4-5,8,11H2,1-3H3. The molecule has 5 heteroatoms. The Morgan fingerprint density at radius 3 is 2.96 bits per heavy atom. The van der Waals surface area contributed by atoms with Gasteiger partial charge in [0.1, 0.15) is 5.75 Å². The molecule has 23 heavy (non-hydrogen) atoms. The number of methoxy groups -OCH3 is 1. The van der Waals surface area contributed by atoms with Crippen molar-refractivity contribution < 1.29 is 9.53 Å². The Kier molecular flexibility index (Phi) is 4.48. The van der Waals surface area contributed by atoms with Gasteiger partial charge in [0.2, 0.25) is 0 Å². The highest BCUT2D eigenvalue weighted by atomic mass is 16.5. The van der Waals surface area contributed by atoms with Crippen molar-refractivity contribution in [2.45, 2.75) is 25.8 Å². The number of likely N-dealkylation sites (N-methyl/N-ethyl adjacent to an activating group) is 1. The number of pyridine rings is 1. The summed E-state index contributed by atoms with van der Waals surface area (Å²) < 4.78 is 5.24. The molecule has 1 unspecified atom stereocenters. The summed E-state index contributed by atoms with van der Waals surface area (Å²) in [5.74, 6) is 0.851. The second-order valence-electron chi connectivity index (χ2n) is 6.06. The van der Waals surface area contributed by atoms with Crippen LogP contribution in [0.2, 0.25) is 0 Å². The van der Waals surface area contributed by atoms with Crippen LogP contribution in [0.3, 0.4) is 0 Å². The number of carbonyl (C=O) groups is 1. The number of piperidine rings is 1. The maximum Gasteiger partial charge on any atom is 0.255 e. The Bertz CT molecular complexity index is 730. The number of amides is 1. The number of hydrogen-bond acceptors (Lipinski definition) is 4. The van der Waals surface area contributed by atoms with Gasteiger partial charge < -0.3 is 15.0 Å². The van der Waals surface area contributed by atoms with Gasteiger partial charge in [-0.3, -0.25) is 9.78 Å². The van der Waals surface area contributed by atoms with Gasteiger partial charge in [0.05, 0.1) is 23.9 Å². The molecule has 1 saturated heterocycles. The van der Waals surface area contributed by atoms with Crippen LogP contribution >= 0.6 is 0 Å². The number of carbonyl (C=O) groups excluding carboxylic acids is 1. The highest BCUT2D eigenvalue weighted by Gasteiger charge is 2.25. The molecule has 3 rings (SSSR count). The number of benzene rings is 1. The van der Waals surface area contributed by atoms with Gasteiger partial charge in [0.25, 0.3) is 5.91 Å². The summed E-state index contributed by atoms with van der Waals surface area (Å²) in [7, 11) is 3.59. The highest BCUT2D eigenvalue weighted by Crippen LogP contribution is 2.23. The fraction of sp³-hybridized carbons (Fsp3) is 0.444. The lowest BCUT2D eigenvalue weighted by molar-refractivity contribution is 0.0697. The molecule has 1 N–H and O–H groups in total. The van der Waals surface area contributed by atoms with Crippen LogP contribution in [-0.2, 0) is 0 Å². The molecule has 2 heterocycles. The molecule has 0 aliphatic carbocycles. The second-order valence-corrected chi connectivity index (χ2v) is 6.06. The van der Waals surface area contributed by atoms with Crippen LogP contribution in [0.5, 0.6) is 5.75 Å².